The highest BCUT2D eigenvalue weighted by molar-refractivity contribution is 6.28. The summed E-state index contributed by atoms with van der Waals surface area (Å²) < 4.78 is 12.6. The molecule has 4 bridgehead atoms. The molecular weight excluding hydrogens is 432 g/mol. The predicted octanol–water partition coefficient (Wildman–Crippen LogP) is 4.09. The number of ketones is 1. The monoisotopic (exact) mass is 458 g/mol. The maximum absolute atomic E-state index is 13.8. The van der Waals surface area contributed by atoms with Crippen LogP contribution in [0.5, 0.6) is 11.5 Å². The summed E-state index contributed by atoms with van der Waals surface area (Å²) in [5, 5.41) is 7.73. The summed E-state index contributed by atoms with van der Waals surface area (Å²) in [5.41, 5.74) is 0.110. The number of Topliss-reactive ketones (excluding diaryl/α,β-unsaturated/α-hetero) is 1. The van der Waals surface area contributed by atoms with Crippen molar-refractivity contribution in [1.29, 1.82) is 0 Å². The first-order valence-corrected chi connectivity index (χ1v) is 11.3. The molecule has 170 valence electrons. The van der Waals surface area contributed by atoms with Gasteiger partial charge in [0.2, 0.25) is 11.2 Å². The molecular formula is C23H27ClN4O4. The van der Waals surface area contributed by atoms with E-state index in [1.807, 2.05) is 4.68 Å². The number of ether oxygens (including phenoxy) is 2. The van der Waals surface area contributed by atoms with E-state index in [1.165, 1.54) is 21.1 Å². The number of hydrogen-bond donors (Lipinski definition) is 1. The van der Waals surface area contributed by atoms with E-state index in [4.69, 9.17) is 21.1 Å². The third-order valence-electron chi connectivity index (χ3n) is 7.61. The third-order valence-corrected chi connectivity index (χ3v) is 7.79. The summed E-state index contributed by atoms with van der Waals surface area (Å²) in [5.74, 6) is 1.64. The van der Waals surface area contributed by atoms with Crippen LogP contribution >= 0.6 is 11.6 Å². The molecule has 4 aliphatic rings. The van der Waals surface area contributed by atoms with Gasteiger partial charge in [0.15, 0.2) is 17.3 Å². The van der Waals surface area contributed by atoms with Gasteiger partial charge in [-0.05, 0) is 75.0 Å². The Morgan fingerprint density at radius 2 is 1.78 bits per heavy atom. The van der Waals surface area contributed by atoms with E-state index in [-0.39, 0.29) is 22.5 Å². The van der Waals surface area contributed by atoms with Gasteiger partial charge in [-0.2, -0.15) is 0 Å². The van der Waals surface area contributed by atoms with Crippen molar-refractivity contribution in [3.05, 3.63) is 29.3 Å². The normalized spacial score (nSPS) is 30.2. The molecule has 0 spiro atoms. The molecule has 2 atom stereocenters. The number of methoxy groups -OCH3 is 2. The maximum Gasteiger partial charge on any atom is 0.242 e. The molecule has 0 aliphatic heterocycles. The lowest BCUT2D eigenvalue weighted by Crippen LogP contribution is -2.60. The highest BCUT2D eigenvalue weighted by atomic mass is 35.5. The van der Waals surface area contributed by atoms with Gasteiger partial charge in [0.25, 0.3) is 0 Å². The molecule has 1 N–H and O–H groups in total. The van der Waals surface area contributed by atoms with Gasteiger partial charge in [0, 0.05) is 11.6 Å². The molecule has 32 heavy (non-hydrogen) atoms. The Morgan fingerprint density at radius 1 is 1.12 bits per heavy atom. The highest BCUT2D eigenvalue weighted by Crippen LogP contribution is 2.64. The molecule has 4 saturated carbocycles. The second-order valence-corrected chi connectivity index (χ2v) is 10.0. The van der Waals surface area contributed by atoms with Gasteiger partial charge in [-0.3, -0.25) is 9.59 Å². The van der Waals surface area contributed by atoms with Crippen molar-refractivity contribution in [2.75, 3.05) is 19.5 Å². The molecule has 4 fully saturated rings. The third kappa shape index (κ3) is 3.27. The number of halogens is 1. The van der Waals surface area contributed by atoms with E-state index in [0.29, 0.717) is 41.0 Å². The Morgan fingerprint density at radius 3 is 2.34 bits per heavy atom. The number of rotatable bonds is 6. The molecule has 0 saturated heterocycles. The minimum Gasteiger partial charge on any atom is -0.493 e. The van der Waals surface area contributed by atoms with E-state index >= 15 is 0 Å². The van der Waals surface area contributed by atoms with Crippen LogP contribution in [-0.2, 0) is 10.3 Å². The predicted molar refractivity (Wildman–Crippen MR) is 118 cm³/mol. The number of nitrogens with zero attached hydrogens (tertiary/aromatic N) is 3. The molecule has 1 aromatic heterocycles. The largest absolute Gasteiger partial charge is 0.493 e. The number of anilines is 1. The molecule has 6 rings (SSSR count). The van der Waals surface area contributed by atoms with E-state index in [9.17, 15) is 9.59 Å². The summed E-state index contributed by atoms with van der Waals surface area (Å²) in [7, 11) is 3.05. The van der Waals surface area contributed by atoms with E-state index in [2.05, 4.69) is 15.4 Å². The SMILES string of the molecule is COc1cc(NC(=O)C23C[C@H]4C[C@H](C2)CC(n2cnc(Cl)n2)(C4)C3)c(C(C)=O)cc1OC. The standard InChI is InChI=1S/C23H27ClN4O4/c1-13(29)16-5-18(31-2)19(32-3)6-17(16)26-20(30)22-7-14-4-15(8-22)10-23(9-14,11-22)28-12-25-21(24)27-28/h5-6,12,14-15H,4,7-11H2,1-3H3,(H,26,30)/t14-,15-,22?,23?/m1/s1. The van der Waals surface area contributed by atoms with Crippen LogP contribution in [0.3, 0.4) is 0 Å². The Balaban J connectivity index is 1.49. The average Bonchev–Trinajstić information content (AvgIpc) is 3.19. The van der Waals surface area contributed by atoms with Gasteiger partial charge in [-0.25, -0.2) is 9.67 Å². The zero-order valence-electron chi connectivity index (χ0n) is 18.5. The smallest absolute Gasteiger partial charge is 0.242 e. The van der Waals surface area contributed by atoms with Crippen LogP contribution in [0.15, 0.2) is 18.5 Å². The summed E-state index contributed by atoms with van der Waals surface area (Å²) in [6.07, 6.45) is 7.23. The first kappa shape index (κ1) is 21.2. The zero-order valence-corrected chi connectivity index (χ0v) is 19.2. The van der Waals surface area contributed by atoms with Gasteiger partial charge in [0.1, 0.15) is 6.33 Å². The van der Waals surface area contributed by atoms with Crippen LogP contribution in [0, 0.1) is 17.3 Å². The molecule has 1 amide bonds. The highest BCUT2D eigenvalue weighted by Gasteiger charge is 2.61. The summed E-state index contributed by atoms with van der Waals surface area (Å²) in [4.78, 5) is 30.3. The average molecular weight is 459 g/mol. The first-order valence-electron chi connectivity index (χ1n) is 10.9. The van der Waals surface area contributed by atoms with Crippen LogP contribution in [0.25, 0.3) is 0 Å². The Labute approximate surface area is 191 Å². The number of amides is 1. The molecule has 0 radical (unpaired) electrons. The minimum absolute atomic E-state index is 0.0445. The molecule has 1 heterocycles. The molecule has 2 aromatic rings. The summed E-state index contributed by atoms with van der Waals surface area (Å²) in [6.45, 7) is 1.48. The molecule has 4 aliphatic carbocycles. The van der Waals surface area contributed by atoms with Gasteiger partial charge in [-0.1, -0.05) is 0 Å². The number of hydrogen-bond acceptors (Lipinski definition) is 6. The number of carbonyl (C=O) groups is 2. The fourth-order valence-corrected chi connectivity index (χ4v) is 6.87. The van der Waals surface area contributed by atoms with E-state index in [0.717, 1.165) is 32.1 Å². The van der Waals surface area contributed by atoms with Crippen molar-refractivity contribution >= 4 is 29.0 Å². The second-order valence-electron chi connectivity index (χ2n) is 9.69. The molecule has 0 unspecified atom stereocenters. The maximum atomic E-state index is 13.8. The fourth-order valence-electron chi connectivity index (χ4n) is 6.75. The van der Waals surface area contributed by atoms with Gasteiger partial charge >= 0.3 is 0 Å². The number of carbonyl (C=O) groups excluding carboxylic acids is 2. The molecule has 1 aromatic carbocycles. The van der Waals surface area contributed by atoms with Gasteiger partial charge in [0.05, 0.1) is 30.9 Å². The fraction of sp³-hybridized carbons (Fsp3) is 0.565. The summed E-state index contributed by atoms with van der Waals surface area (Å²) in [6, 6.07) is 3.29. The van der Waals surface area contributed by atoms with Crippen molar-refractivity contribution in [1.82, 2.24) is 14.8 Å². The van der Waals surface area contributed by atoms with Crippen LogP contribution in [0.1, 0.15) is 55.8 Å². The van der Waals surface area contributed by atoms with Gasteiger partial charge in [-0.15, -0.1) is 5.10 Å². The number of nitrogens with one attached hydrogen (secondary N) is 1. The second kappa shape index (κ2) is 7.47. The van der Waals surface area contributed by atoms with E-state index < -0.39 is 5.41 Å². The van der Waals surface area contributed by atoms with Crippen molar-refractivity contribution < 1.29 is 19.1 Å². The summed E-state index contributed by atoms with van der Waals surface area (Å²) >= 11 is 6.03. The quantitative estimate of drug-likeness (QED) is 0.655. The lowest BCUT2D eigenvalue weighted by Gasteiger charge is -2.60. The van der Waals surface area contributed by atoms with Crippen LogP contribution in [0.4, 0.5) is 5.69 Å². The Bertz CT molecular complexity index is 1080. The molecule has 8 nitrogen and oxygen atoms in total. The van der Waals surface area contributed by atoms with Crippen molar-refractivity contribution in [3.8, 4) is 11.5 Å². The lowest BCUT2D eigenvalue weighted by molar-refractivity contribution is -0.150. The van der Waals surface area contributed by atoms with Crippen LogP contribution in [-0.4, -0.2) is 40.7 Å². The van der Waals surface area contributed by atoms with Crippen molar-refractivity contribution in [3.63, 3.8) is 0 Å². The minimum atomic E-state index is -0.510. The van der Waals surface area contributed by atoms with Crippen LogP contribution in [0.2, 0.25) is 5.28 Å². The number of benzene rings is 1. The lowest BCUT2D eigenvalue weighted by atomic mass is 9.46. The van der Waals surface area contributed by atoms with Crippen molar-refractivity contribution in [2.24, 2.45) is 17.3 Å². The zero-order chi connectivity index (χ0) is 22.7. The number of aromatic nitrogens is 3. The first-order chi connectivity index (χ1) is 15.3. The molecule has 9 heteroatoms. The van der Waals surface area contributed by atoms with E-state index in [1.54, 1.807) is 18.5 Å². The van der Waals surface area contributed by atoms with Crippen molar-refractivity contribution in [2.45, 2.75) is 51.0 Å². The topological polar surface area (TPSA) is 95.3 Å². The Hall–Kier alpha value is -2.61. The van der Waals surface area contributed by atoms with Crippen LogP contribution < -0.4 is 14.8 Å². The Kier molecular flexibility index (Phi) is 4.96. The van der Waals surface area contributed by atoms with Gasteiger partial charge < -0.3 is 14.8 Å².